The van der Waals surface area contributed by atoms with E-state index in [1.807, 2.05) is 27.7 Å². The molecule has 0 aromatic heterocycles. The monoisotopic (exact) mass is 310 g/mol. The minimum atomic E-state index is -1.19. The fraction of sp³-hybridized carbons (Fsp3) is 0.533. The van der Waals surface area contributed by atoms with E-state index in [0.29, 0.717) is 11.3 Å². The summed E-state index contributed by atoms with van der Waals surface area (Å²) in [4.78, 5) is 0. The molecule has 0 bridgehead atoms. The van der Waals surface area contributed by atoms with E-state index in [-0.39, 0.29) is 17.6 Å². The van der Waals surface area contributed by atoms with Gasteiger partial charge in [0, 0.05) is 24.0 Å². The maximum atomic E-state index is 12.2. The summed E-state index contributed by atoms with van der Waals surface area (Å²) in [6.07, 6.45) is 0. The summed E-state index contributed by atoms with van der Waals surface area (Å²) >= 11 is -1.19. The molecule has 0 aliphatic heterocycles. The molecule has 0 spiro atoms. The highest BCUT2D eigenvalue weighted by molar-refractivity contribution is 7.90. The zero-order valence-corrected chi connectivity index (χ0v) is 13.9. The first-order chi connectivity index (χ1) is 9.79. The Bertz CT molecular complexity index is 509. The van der Waals surface area contributed by atoms with Gasteiger partial charge in [-0.2, -0.15) is 5.26 Å². The van der Waals surface area contributed by atoms with E-state index in [0.717, 1.165) is 5.56 Å². The molecular weight excluding hydrogens is 288 g/mol. The lowest BCUT2D eigenvalue weighted by Crippen LogP contribution is -2.40. The number of nitriles is 1. The van der Waals surface area contributed by atoms with E-state index in [1.165, 1.54) is 7.11 Å². The van der Waals surface area contributed by atoms with Gasteiger partial charge in [-0.25, -0.2) is 0 Å². The summed E-state index contributed by atoms with van der Waals surface area (Å²) in [5.74, 6) is 0.557. The number of hydrogen-bond donors (Lipinski definition) is 1. The van der Waals surface area contributed by atoms with Crippen LogP contribution in [0.25, 0.3) is 0 Å². The molecule has 0 saturated carbocycles. The number of nitrogens with one attached hydrogen (secondary N) is 1. The maximum Gasteiger partial charge on any atom is 0.188 e. The molecule has 1 aromatic rings. The van der Waals surface area contributed by atoms with Crippen LogP contribution in [0.5, 0.6) is 5.75 Å². The summed E-state index contributed by atoms with van der Waals surface area (Å²) in [6.45, 7) is 7.72. The fourth-order valence-electron chi connectivity index (χ4n) is 1.61. The van der Waals surface area contributed by atoms with Crippen molar-refractivity contribution in [3.8, 4) is 11.8 Å². The van der Waals surface area contributed by atoms with Crippen LogP contribution in [-0.4, -0.2) is 23.2 Å². The van der Waals surface area contributed by atoms with Crippen molar-refractivity contribution in [2.24, 2.45) is 0 Å². The minimum Gasteiger partial charge on any atom is -0.598 e. The second kappa shape index (κ2) is 7.66. The van der Waals surface area contributed by atoms with Gasteiger partial charge in [-0.1, -0.05) is 6.07 Å². The van der Waals surface area contributed by atoms with Gasteiger partial charge in [-0.3, -0.25) is 0 Å². The van der Waals surface area contributed by atoms with Gasteiger partial charge in [-0.15, -0.1) is 4.72 Å². The predicted octanol–water partition coefficient (Wildman–Crippen LogP) is 2.65. The number of rotatable bonds is 6. The molecule has 116 valence electrons. The van der Waals surface area contributed by atoms with E-state index in [1.54, 1.807) is 18.2 Å². The van der Waals surface area contributed by atoms with Crippen LogP contribution in [0, 0.1) is 11.3 Å². The Hall–Kier alpha value is -1.26. The predicted molar refractivity (Wildman–Crippen MR) is 83.1 cm³/mol. The lowest BCUT2D eigenvalue weighted by molar-refractivity contribution is 0.0501. The van der Waals surface area contributed by atoms with Crippen molar-refractivity contribution >= 4 is 11.4 Å². The number of methoxy groups -OCH3 is 1. The van der Waals surface area contributed by atoms with Crippen molar-refractivity contribution in [3.63, 3.8) is 0 Å². The van der Waals surface area contributed by atoms with Crippen LogP contribution in [-0.2, 0) is 16.1 Å². The summed E-state index contributed by atoms with van der Waals surface area (Å²) in [6, 6.07) is 7.08. The average Bonchev–Trinajstić information content (AvgIpc) is 2.43. The zero-order chi connectivity index (χ0) is 16.0. The number of ether oxygens (including phenoxy) is 2. The molecule has 0 amide bonds. The number of benzene rings is 1. The van der Waals surface area contributed by atoms with Gasteiger partial charge in [0.1, 0.15) is 10.5 Å². The van der Waals surface area contributed by atoms with Gasteiger partial charge in [0.05, 0.1) is 17.7 Å². The Balaban J connectivity index is 2.97. The molecule has 0 aliphatic rings. The van der Waals surface area contributed by atoms with Crippen molar-refractivity contribution < 1.29 is 14.0 Å². The largest absolute Gasteiger partial charge is 0.598 e. The quantitative estimate of drug-likeness (QED) is 0.645. The Morgan fingerprint density at radius 2 is 2.10 bits per heavy atom. The first-order valence-electron chi connectivity index (χ1n) is 6.63. The van der Waals surface area contributed by atoms with Gasteiger partial charge >= 0.3 is 0 Å². The van der Waals surface area contributed by atoms with Crippen molar-refractivity contribution in [1.82, 2.24) is 4.72 Å². The van der Waals surface area contributed by atoms with Gasteiger partial charge in [0.25, 0.3) is 0 Å². The van der Waals surface area contributed by atoms with Crippen molar-refractivity contribution in [2.45, 2.75) is 38.5 Å². The molecule has 1 N–H and O–H groups in total. The van der Waals surface area contributed by atoms with Crippen molar-refractivity contribution in [2.75, 3.05) is 13.9 Å². The van der Waals surface area contributed by atoms with Crippen LogP contribution >= 0.6 is 0 Å². The molecule has 0 radical (unpaired) electrons. The summed E-state index contributed by atoms with van der Waals surface area (Å²) in [7, 11) is 1.53. The van der Waals surface area contributed by atoms with Crippen LogP contribution in [0.2, 0.25) is 0 Å². The Labute approximate surface area is 129 Å². The van der Waals surface area contributed by atoms with Gasteiger partial charge < -0.3 is 14.0 Å². The first kappa shape index (κ1) is 17.8. The highest BCUT2D eigenvalue weighted by atomic mass is 32.2. The smallest absolute Gasteiger partial charge is 0.188 e. The minimum absolute atomic E-state index is 0.0942. The average molecular weight is 310 g/mol. The van der Waals surface area contributed by atoms with Crippen LogP contribution in [0.15, 0.2) is 18.2 Å². The molecule has 2 atom stereocenters. The van der Waals surface area contributed by atoms with Crippen LogP contribution in [0.3, 0.4) is 0 Å². The molecule has 2 unspecified atom stereocenters. The van der Waals surface area contributed by atoms with Gasteiger partial charge in [0.2, 0.25) is 0 Å². The summed E-state index contributed by atoms with van der Waals surface area (Å²) < 4.78 is 25.3. The van der Waals surface area contributed by atoms with Crippen molar-refractivity contribution in [3.05, 3.63) is 29.3 Å². The maximum absolute atomic E-state index is 12.2. The van der Waals surface area contributed by atoms with E-state index in [4.69, 9.17) is 14.7 Å². The second-order valence-electron chi connectivity index (χ2n) is 5.64. The number of nitrogens with zero attached hydrogens (tertiary/aromatic N) is 1. The molecule has 0 heterocycles. The first-order valence-corrected chi connectivity index (χ1v) is 7.78. The van der Waals surface area contributed by atoms with Crippen molar-refractivity contribution in [1.29, 1.82) is 5.26 Å². The SMILES string of the molecule is COCOc1cc(C#N)ccc1C(C)N[S+]([O-])C(C)(C)C. The van der Waals surface area contributed by atoms with E-state index >= 15 is 0 Å². The standard InChI is InChI=1S/C15H22N2O3S/c1-11(17-21(18)15(2,3)4)13-7-6-12(9-16)8-14(13)20-10-19-5/h6-8,11,17H,10H2,1-5H3. The van der Waals surface area contributed by atoms with Crippen LogP contribution < -0.4 is 9.46 Å². The Morgan fingerprint density at radius 3 is 2.62 bits per heavy atom. The Morgan fingerprint density at radius 1 is 1.43 bits per heavy atom. The van der Waals surface area contributed by atoms with E-state index in [9.17, 15) is 4.55 Å². The highest BCUT2D eigenvalue weighted by Crippen LogP contribution is 2.28. The van der Waals surface area contributed by atoms with E-state index in [2.05, 4.69) is 10.8 Å². The molecule has 0 saturated heterocycles. The molecular formula is C15H22N2O3S. The number of hydrogen-bond acceptors (Lipinski definition) is 5. The molecule has 6 heteroatoms. The molecule has 1 rings (SSSR count). The third kappa shape index (κ3) is 5.21. The zero-order valence-electron chi connectivity index (χ0n) is 13.1. The highest BCUT2D eigenvalue weighted by Gasteiger charge is 2.29. The Kier molecular flexibility index (Phi) is 6.49. The molecule has 1 aromatic carbocycles. The normalized spacial score (nSPS) is 14.3. The van der Waals surface area contributed by atoms with Crippen LogP contribution in [0.4, 0.5) is 0 Å². The lowest BCUT2D eigenvalue weighted by atomic mass is 10.1. The fourth-order valence-corrected chi connectivity index (χ4v) is 2.41. The summed E-state index contributed by atoms with van der Waals surface area (Å²) in [5, 5.41) is 8.97. The molecule has 5 nitrogen and oxygen atoms in total. The second-order valence-corrected chi connectivity index (χ2v) is 7.63. The van der Waals surface area contributed by atoms with Gasteiger partial charge in [-0.05, 0) is 39.8 Å². The molecule has 0 aliphatic carbocycles. The van der Waals surface area contributed by atoms with Crippen LogP contribution in [0.1, 0.15) is 44.9 Å². The van der Waals surface area contributed by atoms with Gasteiger partial charge in [0.15, 0.2) is 6.79 Å². The molecule has 21 heavy (non-hydrogen) atoms. The topological polar surface area (TPSA) is 77.3 Å². The molecule has 0 fully saturated rings. The van der Waals surface area contributed by atoms with E-state index < -0.39 is 11.4 Å². The third-order valence-corrected chi connectivity index (χ3v) is 4.46. The third-order valence-electron chi connectivity index (χ3n) is 2.78. The summed E-state index contributed by atoms with van der Waals surface area (Å²) in [5.41, 5.74) is 1.35. The lowest BCUT2D eigenvalue weighted by Gasteiger charge is -2.27.